The predicted octanol–water partition coefficient (Wildman–Crippen LogP) is 0.442. The van der Waals surface area contributed by atoms with Gasteiger partial charge in [-0.25, -0.2) is 9.18 Å². The fraction of sp³-hybridized carbons (Fsp3) is 0.385. The van der Waals surface area contributed by atoms with E-state index in [0.717, 1.165) is 6.07 Å². The summed E-state index contributed by atoms with van der Waals surface area (Å²) in [5, 5.41) is 2.65. The summed E-state index contributed by atoms with van der Waals surface area (Å²) in [5.41, 5.74) is 11.1. The Morgan fingerprint density at radius 1 is 1.48 bits per heavy atom. The van der Waals surface area contributed by atoms with E-state index >= 15 is 0 Å². The molecule has 1 aliphatic heterocycles. The van der Waals surface area contributed by atoms with Crippen LogP contribution >= 0.6 is 0 Å². The predicted molar refractivity (Wildman–Crippen MR) is 75.5 cm³/mol. The summed E-state index contributed by atoms with van der Waals surface area (Å²) in [4.78, 5) is 24.2. The van der Waals surface area contributed by atoms with Crippen LogP contribution in [0.4, 0.5) is 20.6 Å². The maximum absolute atomic E-state index is 14.0. The van der Waals surface area contributed by atoms with Crippen molar-refractivity contribution in [2.45, 2.75) is 12.5 Å². The van der Waals surface area contributed by atoms with Gasteiger partial charge in [-0.1, -0.05) is 0 Å². The van der Waals surface area contributed by atoms with Crippen LogP contribution in [0.1, 0.15) is 16.8 Å². The van der Waals surface area contributed by atoms with E-state index < -0.39 is 17.8 Å². The molecule has 0 aromatic heterocycles. The van der Waals surface area contributed by atoms with Crippen LogP contribution in [0.3, 0.4) is 0 Å². The van der Waals surface area contributed by atoms with Crippen LogP contribution in [-0.2, 0) is 4.74 Å². The molecule has 1 saturated heterocycles. The van der Waals surface area contributed by atoms with Crippen molar-refractivity contribution in [1.82, 2.24) is 5.32 Å². The van der Waals surface area contributed by atoms with Crippen LogP contribution in [0.5, 0.6) is 0 Å². The van der Waals surface area contributed by atoms with Crippen LogP contribution in [0.25, 0.3) is 0 Å². The number of benzene rings is 1. The second-order valence-electron chi connectivity index (χ2n) is 4.82. The summed E-state index contributed by atoms with van der Waals surface area (Å²) in [6.07, 6.45) is 0.114. The van der Waals surface area contributed by atoms with Gasteiger partial charge in [0.15, 0.2) is 0 Å². The number of anilines is 2. The maximum atomic E-state index is 14.0. The number of nitrogens with two attached hydrogens (primary N) is 2. The standard InChI is InChI=1S/C13H17FN4O3/c1-21-13(20)17-7-2-3-18(6-7)11-4-8(12(16)19)10(15)5-9(11)14/h4-5,7H,2-3,6,15H2,1H3,(H2,16,19)(H,17,20). The van der Waals surface area contributed by atoms with Crippen LogP contribution in [0.2, 0.25) is 0 Å². The summed E-state index contributed by atoms with van der Waals surface area (Å²) < 4.78 is 18.5. The molecule has 21 heavy (non-hydrogen) atoms. The van der Waals surface area contributed by atoms with E-state index in [2.05, 4.69) is 10.1 Å². The summed E-state index contributed by atoms with van der Waals surface area (Å²) in [7, 11) is 1.28. The molecule has 8 heteroatoms. The minimum Gasteiger partial charge on any atom is -0.453 e. The topological polar surface area (TPSA) is 111 Å². The van der Waals surface area contributed by atoms with E-state index in [0.29, 0.717) is 19.5 Å². The van der Waals surface area contributed by atoms with Crippen LogP contribution in [0, 0.1) is 5.82 Å². The second kappa shape index (κ2) is 5.86. The molecule has 2 rings (SSSR count). The quantitative estimate of drug-likeness (QED) is 0.701. The number of amides is 2. The lowest BCUT2D eigenvalue weighted by atomic mass is 10.1. The molecule has 114 valence electrons. The number of nitrogen functional groups attached to an aromatic ring is 1. The number of carbonyl (C=O) groups excluding carboxylic acids is 2. The summed E-state index contributed by atoms with van der Waals surface area (Å²) in [5.74, 6) is -1.24. The van der Waals surface area contributed by atoms with Crippen molar-refractivity contribution in [2.24, 2.45) is 5.73 Å². The zero-order valence-electron chi connectivity index (χ0n) is 11.6. The van der Waals surface area contributed by atoms with E-state index in [-0.39, 0.29) is 23.0 Å². The Balaban J connectivity index is 2.18. The molecule has 1 aromatic rings. The highest BCUT2D eigenvalue weighted by atomic mass is 19.1. The molecule has 0 bridgehead atoms. The summed E-state index contributed by atoms with van der Waals surface area (Å²) in [6, 6.07) is 2.27. The van der Waals surface area contributed by atoms with Crippen molar-refractivity contribution in [3.05, 3.63) is 23.5 Å². The van der Waals surface area contributed by atoms with Crippen molar-refractivity contribution in [3.8, 4) is 0 Å². The molecule has 7 nitrogen and oxygen atoms in total. The van der Waals surface area contributed by atoms with Crippen molar-refractivity contribution in [1.29, 1.82) is 0 Å². The molecule has 0 aliphatic carbocycles. The Kier molecular flexibility index (Phi) is 4.15. The average Bonchev–Trinajstić information content (AvgIpc) is 2.86. The zero-order valence-corrected chi connectivity index (χ0v) is 11.6. The van der Waals surface area contributed by atoms with E-state index in [1.807, 2.05) is 0 Å². The number of ether oxygens (including phenoxy) is 1. The minimum absolute atomic E-state index is 0.00665. The third-order valence-electron chi connectivity index (χ3n) is 3.42. The smallest absolute Gasteiger partial charge is 0.407 e. The van der Waals surface area contributed by atoms with Gasteiger partial charge in [-0.15, -0.1) is 0 Å². The van der Waals surface area contributed by atoms with Crippen molar-refractivity contribution in [2.75, 3.05) is 30.8 Å². The lowest BCUT2D eigenvalue weighted by Crippen LogP contribution is -2.37. The molecule has 5 N–H and O–H groups in total. The third-order valence-corrected chi connectivity index (χ3v) is 3.42. The first-order chi connectivity index (χ1) is 9.92. The number of methoxy groups -OCH3 is 1. The zero-order chi connectivity index (χ0) is 15.6. The number of nitrogens with zero attached hydrogens (tertiary/aromatic N) is 1. The molecule has 1 unspecified atom stereocenters. The molecule has 1 fully saturated rings. The molecule has 1 heterocycles. The van der Waals surface area contributed by atoms with Crippen molar-refractivity contribution in [3.63, 3.8) is 0 Å². The van der Waals surface area contributed by atoms with Gasteiger partial charge in [0.05, 0.1) is 24.4 Å². The number of primary amides is 1. The number of rotatable bonds is 3. The average molecular weight is 296 g/mol. The monoisotopic (exact) mass is 296 g/mol. The summed E-state index contributed by atoms with van der Waals surface area (Å²) >= 11 is 0. The van der Waals surface area contributed by atoms with Gasteiger partial charge in [-0.3, -0.25) is 4.79 Å². The molecular formula is C13H17FN4O3. The fourth-order valence-corrected chi connectivity index (χ4v) is 2.36. The first-order valence-electron chi connectivity index (χ1n) is 6.40. The molecule has 0 radical (unpaired) electrons. The Labute approximate surface area is 121 Å². The van der Waals surface area contributed by atoms with Crippen LogP contribution in [-0.4, -0.2) is 38.2 Å². The van der Waals surface area contributed by atoms with Crippen LogP contribution in [0.15, 0.2) is 12.1 Å². The second-order valence-corrected chi connectivity index (χ2v) is 4.82. The Hall–Kier alpha value is -2.51. The normalized spacial score (nSPS) is 17.6. The third kappa shape index (κ3) is 3.15. The molecule has 1 aromatic carbocycles. The first-order valence-corrected chi connectivity index (χ1v) is 6.40. The lowest BCUT2D eigenvalue weighted by molar-refractivity contribution is 0.100. The fourth-order valence-electron chi connectivity index (χ4n) is 2.36. The maximum Gasteiger partial charge on any atom is 0.407 e. The molecule has 2 amide bonds. The molecule has 0 saturated carbocycles. The summed E-state index contributed by atoms with van der Waals surface area (Å²) in [6.45, 7) is 0.946. The molecular weight excluding hydrogens is 279 g/mol. The van der Waals surface area contributed by atoms with Gasteiger partial charge in [0.2, 0.25) is 0 Å². The largest absolute Gasteiger partial charge is 0.453 e. The van der Waals surface area contributed by atoms with Gasteiger partial charge in [0.1, 0.15) is 5.82 Å². The Morgan fingerprint density at radius 3 is 2.81 bits per heavy atom. The first kappa shape index (κ1) is 14.9. The number of halogens is 1. The number of alkyl carbamates (subject to hydrolysis) is 1. The van der Waals surface area contributed by atoms with Crippen LogP contribution < -0.4 is 21.7 Å². The number of carbonyl (C=O) groups is 2. The van der Waals surface area contributed by atoms with E-state index in [1.165, 1.54) is 13.2 Å². The van der Waals surface area contributed by atoms with Gasteiger partial charge in [-0.05, 0) is 18.6 Å². The van der Waals surface area contributed by atoms with E-state index in [4.69, 9.17) is 11.5 Å². The highest BCUT2D eigenvalue weighted by Crippen LogP contribution is 2.28. The highest BCUT2D eigenvalue weighted by Gasteiger charge is 2.27. The molecule has 0 spiro atoms. The van der Waals surface area contributed by atoms with E-state index in [1.54, 1.807) is 4.90 Å². The number of nitrogens with one attached hydrogen (secondary N) is 1. The van der Waals surface area contributed by atoms with Crippen molar-refractivity contribution < 1.29 is 18.7 Å². The van der Waals surface area contributed by atoms with Crippen molar-refractivity contribution >= 4 is 23.4 Å². The molecule has 1 aliphatic rings. The van der Waals surface area contributed by atoms with Gasteiger partial charge in [0.25, 0.3) is 5.91 Å². The SMILES string of the molecule is COC(=O)NC1CCN(c2cc(C(N)=O)c(N)cc2F)C1. The number of hydrogen-bond acceptors (Lipinski definition) is 5. The van der Waals surface area contributed by atoms with E-state index in [9.17, 15) is 14.0 Å². The lowest BCUT2D eigenvalue weighted by Gasteiger charge is -2.20. The highest BCUT2D eigenvalue weighted by molar-refractivity contribution is 5.99. The number of hydrogen-bond donors (Lipinski definition) is 3. The van der Waals surface area contributed by atoms with Gasteiger partial charge < -0.3 is 26.4 Å². The van der Waals surface area contributed by atoms with Gasteiger partial charge in [-0.2, -0.15) is 0 Å². The van der Waals surface area contributed by atoms with Gasteiger partial charge in [0, 0.05) is 18.8 Å². The van der Waals surface area contributed by atoms with Gasteiger partial charge >= 0.3 is 6.09 Å². The minimum atomic E-state index is -0.711. The molecule has 1 atom stereocenters. The Morgan fingerprint density at radius 2 is 2.19 bits per heavy atom. The Bertz CT molecular complexity index is 579.